The summed E-state index contributed by atoms with van der Waals surface area (Å²) in [6, 6.07) is 12.3. The van der Waals surface area contributed by atoms with Crippen molar-refractivity contribution < 1.29 is 9.53 Å². The van der Waals surface area contributed by atoms with Crippen molar-refractivity contribution in [2.75, 3.05) is 13.1 Å². The van der Waals surface area contributed by atoms with Crippen LogP contribution in [0.5, 0.6) is 0 Å². The molecule has 1 aliphatic heterocycles. The van der Waals surface area contributed by atoms with Gasteiger partial charge < -0.3 is 9.64 Å². The fourth-order valence-electron chi connectivity index (χ4n) is 3.62. The van der Waals surface area contributed by atoms with Crippen molar-refractivity contribution in [3.8, 4) is 6.07 Å². The van der Waals surface area contributed by atoms with E-state index in [-0.39, 0.29) is 18.1 Å². The number of amides is 1. The molecule has 2 atom stereocenters. The largest absolute Gasteiger partial charge is 0.367 e. The van der Waals surface area contributed by atoms with Crippen LogP contribution in [0.3, 0.4) is 0 Å². The van der Waals surface area contributed by atoms with Gasteiger partial charge in [0.05, 0.1) is 18.7 Å². The third-order valence-corrected chi connectivity index (χ3v) is 4.80. The van der Waals surface area contributed by atoms with Crippen molar-refractivity contribution in [3.63, 3.8) is 0 Å². The van der Waals surface area contributed by atoms with Gasteiger partial charge in [0.25, 0.3) is 0 Å². The van der Waals surface area contributed by atoms with Crippen LogP contribution in [-0.4, -0.2) is 30.0 Å². The predicted octanol–water partition coefficient (Wildman–Crippen LogP) is 3.06. The number of nitrogens with zero attached hydrogens (tertiary/aromatic N) is 2. The summed E-state index contributed by atoms with van der Waals surface area (Å²) in [7, 11) is 0. The molecule has 4 nitrogen and oxygen atoms in total. The summed E-state index contributed by atoms with van der Waals surface area (Å²) in [5.74, 6) is 0.00332. The number of morpholine rings is 1. The van der Waals surface area contributed by atoms with E-state index in [2.05, 4.69) is 6.07 Å². The smallest absolute Gasteiger partial charge is 0.243 e. The highest BCUT2D eigenvalue weighted by atomic mass is 16.5. The Labute approximate surface area is 131 Å². The number of rotatable bonds is 2. The van der Waals surface area contributed by atoms with Gasteiger partial charge in [-0.2, -0.15) is 5.26 Å². The van der Waals surface area contributed by atoms with Crippen LogP contribution in [0, 0.1) is 16.7 Å². The Kier molecular flexibility index (Phi) is 4.17. The highest BCUT2D eigenvalue weighted by Crippen LogP contribution is 2.40. The zero-order valence-corrected chi connectivity index (χ0v) is 13.0. The van der Waals surface area contributed by atoms with Gasteiger partial charge in [-0.25, -0.2) is 0 Å². The van der Waals surface area contributed by atoms with Crippen molar-refractivity contribution in [2.24, 2.45) is 5.41 Å². The minimum atomic E-state index is -0.793. The SMILES string of the molecule is C[C@@H]1CN(C(=O)C2(C#N)CCCC2)C[C@@H](c2ccccc2)O1. The van der Waals surface area contributed by atoms with Gasteiger partial charge in [0.2, 0.25) is 5.91 Å². The van der Waals surface area contributed by atoms with E-state index in [0.717, 1.165) is 18.4 Å². The molecule has 0 bridgehead atoms. The van der Waals surface area contributed by atoms with E-state index in [0.29, 0.717) is 25.9 Å². The Morgan fingerprint density at radius 2 is 1.95 bits per heavy atom. The Morgan fingerprint density at radius 1 is 1.27 bits per heavy atom. The summed E-state index contributed by atoms with van der Waals surface area (Å²) in [6.45, 7) is 3.10. The second kappa shape index (κ2) is 6.10. The molecule has 1 aromatic rings. The molecular weight excluding hydrogens is 276 g/mol. The van der Waals surface area contributed by atoms with Gasteiger partial charge in [-0.1, -0.05) is 43.2 Å². The van der Waals surface area contributed by atoms with Gasteiger partial charge in [0.1, 0.15) is 11.5 Å². The van der Waals surface area contributed by atoms with Crippen LogP contribution in [0.25, 0.3) is 0 Å². The lowest BCUT2D eigenvalue weighted by Gasteiger charge is -2.39. The topological polar surface area (TPSA) is 53.3 Å². The lowest BCUT2D eigenvalue weighted by molar-refractivity contribution is -0.152. The molecule has 0 aromatic heterocycles. The van der Waals surface area contributed by atoms with Crippen LogP contribution in [0.15, 0.2) is 30.3 Å². The molecule has 1 saturated heterocycles. The molecule has 0 unspecified atom stereocenters. The van der Waals surface area contributed by atoms with Gasteiger partial charge in [0, 0.05) is 6.54 Å². The molecule has 22 heavy (non-hydrogen) atoms. The maximum absolute atomic E-state index is 12.9. The first kappa shape index (κ1) is 15.1. The van der Waals surface area contributed by atoms with Crippen molar-refractivity contribution in [1.29, 1.82) is 5.26 Å². The molecule has 116 valence electrons. The van der Waals surface area contributed by atoms with Gasteiger partial charge in [-0.3, -0.25) is 4.79 Å². The van der Waals surface area contributed by atoms with E-state index in [9.17, 15) is 10.1 Å². The normalized spacial score (nSPS) is 27.4. The summed E-state index contributed by atoms with van der Waals surface area (Å²) in [5, 5.41) is 9.54. The number of nitriles is 1. The monoisotopic (exact) mass is 298 g/mol. The predicted molar refractivity (Wildman–Crippen MR) is 82.8 cm³/mol. The Bertz CT molecular complexity index is 572. The van der Waals surface area contributed by atoms with Gasteiger partial charge in [0.15, 0.2) is 0 Å². The minimum Gasteiger partial charge on any atom is -0.367 e. The van der Waals surface area contributed by atoms with Crippen LogP contribution in [0.4, 0.5) is 0 Å². The van der Waals surface area contributed by atoms with E-state index >= 15 is 0 Å². The quantitative estimate of drug-likeness (QED) is 0.843. The van der Waals surface area contributed by atoms with Gasteiger partial charge >= 0.3 is 0 Å². The molecular formula is C18H22N2O2. The number of hydrogen-bond donors (Lipinski definition) is 0. The Morgan fingerprint density at radius 3 is 2.59 bits per heavy atom. The molecule has 0 spiro atoms. The third kappa shape index (κ3) is 2.74. The average molecular weight is 298 g/mol. The maximum Gasteiger partial charge on any atom is 0.243 e. The van der Waals surface area contributed by atoms with Crippen LogP contribution >= 0.6 is 0 Å². The molecule has 1 saturated carbocycles. The molecule has 4 heteroatoms. The number of carbonyl (C=O) groups is 1. The van der Waals surface area contributed by atoms with Gasteiger partial charge in [-0.05, 0) is 25.3 Å². The summed E-state index contributed by atoms with van der Waals surface area (Å²) < 4.78 is 6.01. The maximum atomic E-state index is 12.9. The van der Waals surface area contributed by atoms with E-state index in [1.54, 1.807) is 0 Å². The van der Waals surface area contributed by atoms with Crippen molar-refractivity contribution in [1.82, 2.24) is 4.90 Å². The average Bonchev–Trinajstić information content (AvgIpc) is 3.04. The summed E-state index contributed by atoms with van der Waals surface area (Å²) in [5.41, 5.74) is 0.294. The molecule has 0 radical (unpaired) electrons. The first-order chi connectivity index (χ1) is 10.6. The second-order valence-electron chi connectivity index (χ2n) is 6.46. The molecule has 0 N–H and O–H groups in total. The summed E-state index contributed by atoms with van der Waals surface area (Å²) in [6.07, 6.45) is 3.22. The lowest BCUT2D eigenvalue weighted by Crippen LogP contribution is -2.50. The number of ether oxygens (including phenoxy) is 1. The lowest BCUT2D eigenvalue weighted by atomic mass is 9.86. The van der Waals surface area contributed by atoms with Crippen molar-refractivity contribution in [3.05, 3.63) is 35.9 Å². The van der Waals surface area contributed by atoms with E-state index in [1.165, 1.54) is 0 Å². The zero-order valence-electron chi connectivity index (χ0n) is 13.0. The van der Waals surface area contributed by atoms with Crippen molar-refractivity contribution in [2.45, 2.75) is 44.8 Å². The minimum absolute atomic E-state index is 0.00332. The van der Waals surface area contributed by atoms with E-state index in [4.69, 9.17) is 4.74 Å². The van der Waals surface area contributed by atoms with E-state index < -0.39 is 5.41 Å². The van der Waals surface area contributed by atoms with Gasteiger partial charge in [-0.15, -0.1) is 0 Å². The number of benzene rings is 1. The Balaban J connectivity index is 1.79. The van der Waals surface area contributed by atoms with Crippen LogP contribution in [-0.2, 0) is 9.53 Å². The molecule has 1 heterocycles. The Hall–Kier alpha value is -1.86. The highest BCUT2D eigenvalue weighted by molar-refractivity contribution is 5.86. The zero-order chi connectivity index (χ0) is 15.6. The second-order valence-corrected chi connectivity index (χ2v) is 6.46. The molecule has 3 rings (SSSR count). The molecule has 1 aliphatic carbocycles. The fraction of sp³-hybridized carbons (Fsp3) is 0.556. The third-order valence-electron chi connectivity index (χ3n) is 4.80. The summed E-state index contributed by atoms with van der Waals surface area (Å²) in [4.78, 5) is 14.8. The first-order valence-electron chi connectivity index (χ1n) is 8.06. The van der Waals surface area contributed by atoms with Crippen LogP contribution in [0.1, 0.15) is 44.3 Å². The molecule has 2 aliphatic rings. The standard InChI is InChI=1S/C18H22N2O2/c1-14-11-20(17(21)18(13-19)9-5-6-10-18)12-16(22-14)15-7-3-2-4-8-15/h2-4,7-8,14,16H,5-6,9-12H2,1H3/t14-,16+/m1/s1. The van der Waals surface area contributed by atoms with Crippen LogP contribution in [0.2, 0.25) is 0 Å². The molecule has 1 amide bonds. The molecule has 1 aromatic carbocycles. The highest BCUT2D eigenvalue weighted by Gasteiger charge is 2.45. The molecule has 2 fully saturated rings. The number of carbonyl (C=O) groups excluding carboxylic acids is 1. The van der Waals surface area contributed by atoms with E-state index in [1.807, 2.05) is 42.2 Å². The number of hydrogen-bond acceptors (Lipinski definition) is 3. The van der Waals surface area contributed by atoms with Crippen LogP contribution < -0.4 is 0 Å². The first-order valence-corrected chi connectivity index (χ1v) is 8.06. The summed E-state index contributed by atoms with van der Waals surface area (Å²) >= 11 is 0. The van der Waals surface area contributed by atoms with Crippen molar-refractivity contribution >= 4 is 5.91 Å². The fourth-order valence-corrected chi connectivity index (χ4v) is 3.62.